The van der Waals surface area contributed by atoms with Crippen molar-refractivity contribution in [2.24, 2.45) is 0 Å². The minimum absolute atomic E-state index is 0.281. The van der Waals surface area contributed by atoms with Crippen LogP contribution in [0.3, 0.4) is 0 Å². The van der Waals surface area contributed by atoms with Crippen molar-refractivity contribution in [3.8, 4) is 0 Å². The van der Waals surface area contributed by atoms with Crippen molar-refractivity contribution < 1.29 is 4.18 Å². The normalized spacial score (nSPS) is 11.8. The average molecular weight is 238 g/mol. The molecule has 1 aromatic carbocycles. The Labute approximate surface area is 104 Å². The van der Waals surface area contributed by atoms with Crippen molar-refractivity contribution in [3.63, 3.8) is 0 Å². The van der Waals surface area contributed by atoms with Crippen molar-refractivity contribution >= 4 is 12.0 Å². The molecule has 0 saturated carbocycles. The molecule has 2 heteroatoms. The van der Waals surface area contributed by atoms with E-state index < -0.39 is 0 Å². The van der Waals surface area contributed by atoms with E-state index in [9.17, 15) is 0 Å². The van der Waals surface area contributed by atoms with Crippen LogP contribution in [0.2, 0.25) is 0 Å². The lowest BCUT2D eigenvalue weighted by Crippen LogP contribution is -2.16. The third-order valence-corrected chi connectivity index (χ3v) is 3.60. The summed E-state index contributed by atoms with van der Waals surface area (Å²) in [7, 11) is 0. The van der Waals surface area contributed by atoms with Crippen molar-refractivity contribution in [3.05, 3.63) is 29.8 Å². The maximum Gasteiger partial charge on any atom is 0.0590 e. The second-order valence-corrected chi connectivity index (χ2v) is 5.52. The SMILES string of the molecule is CCCC(C)(C)c1ccc(SOCC)cc1. The van der Waals surface area contributed by atoms with E-state index in [0.29, 0.717) is 0 Å². The molecule has 0 N–H and O–H groups in total. The molecule has 0 fully saturated rings. The zero-order valence-corrected chi connectivity index (χ0v) is 11.6. The van der Waals surface area contributed by atoms with Gasteiger partial charge in [-0.15, -0.1) is 0 Å². The van der Waals surface area contributed by atoms with Crippen LogP contribution in [0.1, 0.15) is 46.1 Å². The van der Waals surface area contributed by atoms with Gasteiger partial charge in [0.05, 0.1) is 6.61 Å². The average Bonchev–Trinajstić information content (AvgIpc) is 2.27. The minimum atomic E-state index is 0.281. The van der Waals surface area contributed by atoms with Gasteiger partial charge in [0.1, 0.15) is 0 Å². The van der Waals surface area contributed by atoms with Gasteiger partial charge >= 0.3 is 0 Å². The molecule has 0 saturated heterocycles. The molecule has 1 aromatic rings. The molecule has 0 heterocycles. The van der Waals surface area contributed by atoms with Crippen LogP contribution in [-0.2, 0) is 9.60 Å². The van der Waals surface area contributed by atoms with Gasteiger partial charge in [0.2, 0.25) is 0 Å². The lowest BCUT2D eigenvalue weighted by atomic mass is 9.81. The summed E-state index contributed by atoms with van der Waals surface area (Å²) >= 11 is 1.45. The molecule has 90 valence electrons. The molecule has 0 amide bonds. The predicted molar refractivity (Wildman–Crippen MR) is 71.9 cm³/mol. The van der Waals surface area contributed by atoms with E-state index in [1.807, 2.05) is 6.92 Å². The van der Waals surface area contributed by atoms with Crippen LogP contribution in [-0.4, -0.2) is 6.61 Å². The molecule has 0 aliphatic heterocycles. The first-order valence-electron chi connectivity index (χ1n) is 6.00. The Hall–Kier alpha value is -0.470. The topological polar surface area (TPSA) is 9.23 Å². The van der Waals surface area contributed by atoms with Gasteiger partial charge in [-0.25, -0.2) is 0 Å². The Morgan fingerprint density at radius 3 is 2.25 bits per heavy atom. The highest BCUT2D eigenvalue weighted by molar-refractivity contribution is 7.94. The first-order chi connectivity index (χ1) is 7.60. The largest absolute Gasteiger partial charge is 0.311 e. The number of hydrogen-bond donors (Lipinski definition) is 0. The minimum Gasteiger partial charge on any atom is -0.311 e. The third-order valence-electron chi connectivity index (χ3n) is 2.78. The third kappa shape index (κ3) is 3.84. The molecular formula is C14H22OS. The fourth-order valence-electron chi connectivity index (χ4n) is 1.86. The summed E-state index contributed by atoms with van der Waals surface area (Å²) in [5.41, 5.74) is 1.69. The Morgan fingerprint density at radius 1 is 1.12 bits per heavy atom. The zero-order valence-electron chi connectivity index (χ0n) is 10.7. The maximum atomic E-state index is 5.31. The Morgan fingerprint density at radius 2 is 1.75 bits per heavy atom. The lowest BCUT2D eigenvalue weighted by Gasteiger charge is -2.24. The molecule has 0 spiro atoms. The summed E-state index contributed by atoms with van der Waals surface area (Å²) in [4.78, 5) is 1.18. The van der Waals surface area contributed by atoms with Gasteiger partial charge in [-0.1, -0.05) is 39.3 Å². The van der Waals surface area contributed by atoms with Crippen LogP contribution < -0.4 is 0 Å². The van der Waals surface area contributed by atoms with Crippen LogP contribution in [0.5, 0.6) is 0 Å². The highest BCUT2D eigenvalue weighted by Crippen LogP contribution is 2.30. The monoisotopic (exact) mass is 238 g/mol. The van der Waals surface area contributed by atoms with Crippen molar-refractivity contribution in [1.82, 2.24) is 0 Å². The molecule has 0 bridgehead atoms. The van der Waals surface area contributed by atoms with Crippen LogP contribution in [0.15, 0.2) is 29.2 Å². The second kappa shape index (κ2) is 6.31. The predicted octanol–water partition coefficient (Wildman–Crippen LogP) is 4.81. The van der Waals surface area contributed by atoms with E-state index in [2.05, 4.69) is 45.0 Å². The van der Waals surface area contributed by atoms with Crippen LogP contribution in [0.25, 0.3) is 0 Å². The molecule has 0 aromatic heterocycles. The summed E-state index contributed by atoms with van der Waals surface area (Å²) in [6.45, 7) is 9.60. The smallest absolute Gasteiger partial charge is 0.0590 e. The van der Waals surface area contributed by atoms with Crippen molar-refractivity contribution in [1.29, 1.82) is 0 Å². The van der Waals surface area contributed by atoms with Crippen LogP contribution in [0, 0.1) is 0 Å². The Balaban J connectivity index is 2.70. The molecule has 0 aliphatic rings. The van der Waals surface area contributed by atoms with Crippen LogP contribution >= 0.6 is 12.0 Å². The van der Waals surface area contributed by atoms with E-state index in [-0.39, 0.29) is 5.41 Å². The van der Waals surface area contributed by atoms with E-state index in [0.717, 1.165) is 6.61 Å². The second-order valence-electron chi connectivity index (χ2n) is 4.65. The van der Waals surface area contributed by atoms with E-state index in [1.165, 1.54) is 35.3 Å². The number of benzene rings is 1. The van der Waals surface area contributed by atoms with Gasteiger partial charge in [0, 0.05) is 16.9 Å². The zero-order chi connectivity index (χ0) is 12.0. The maximum absolute atomic E-state index is 5.31. The Kier molecular flexibility index (Phi) is 5.36. The highest BCUT2D eigenvalue weighted by Gasteiger charge is 2.18. The molecule has 1 rings (SSSR count). The van der Waals surface area contributed by atoms with E-state index in [1.54, 1.807) is 0 Å². The summed E-state index contributed by atoms with van der Waals surface area (Å²) in [6, 6.07) is 8.73. The molecule has 1 nitrogen and oxygen atoms in total. The molecular weight excluding hydrogens is 216 g/mol. The molecule has 0 unspecified atom stereocenters. The quantitative estimate of drug-likeness (QED) is 0.658. The standard InChI is InChI=1S/C14H22OS/c1-5-11-14(3,4)12-7-9-13(10-8-12)16-15-6-2/h7-10H,5-6,11H2,1-4H3. The van der Waals surface area contributed by atoms with Gasteiger partial charge in [-0.3, -0.25) is 0 Å². The van der Waals surface area contributed by atoms with Gasteiger partial charge in [0.25, 0.3) is 0 Å². The fraction of sp³-hybridized carbons (Fsp3) is 0.571. The molecule has 0 radical (unpaired) electrons. The van der Waals surface area contributed by atoms with Crippen LogP contribution in [0.4, 0.5) is 0 Å². The Bertz CT molecular complexity index is 303. The van der Waals surface area contributed by atoms with E-state index in [4.69, 9.17) is 4.18 Å². The van der Waals surface area contributed by atoms with E-state index >= 15 is 0 Å². The number of rotatable bonds is 6. The van der Waals surface area contributed by atoms with Gasteiger partial charge in [0.15, 0.2) is 0 Å². The molecule has 16 heavy (non-hydrogen) atoms. The fourth-order valence-corrected chi connectivity index (χ4v) is 2.36. The number of hydrogen-bond acceptors (Lipinski definition) is 2. The summed E-state index contributed by atoms with van der Waals surface area (Å²) < 4.78 is 5.31. The molecule has 0 atom stereocenters. The summed E-state index contributed by atoms with van der Waals surface area (Å²) in [6.07, 6.45) is 2.45. The summed E-state index contributed by atoms with van der Waals surface area (Å²) in [5, 5.41) is 0. The van der Waals surface area contributed by atoms with Crippen molar-refractivity contribution in [2.45, 2.75) is 50.8 Å². The molecule has 0 aliphatic carbocycles. The highest BCUT2D eigenvalue weighted by atomic mass is 32.2. The van der Waals surface area contributed by atoms with Gasteiger partial charge in [-0.2, -0.15) is 0 Å². The lowest BCUT2D eigenvalue weighted by molar-refractivity contribution is 0.401. The first-order valence-corrected chi connectivity index (χ1v) is 6.74. The van der Waals surface area contributed by atoms with Gasteiger partial charge in [-0.05, 0) is 36.5 Å². The van der Waals surface area contributed by atoms with Crippen molar-refractivity contribution in [2.75, 3.05) is 6.61 Å². The first kappa shape index (κ1) is 13.6. The van der Waals surface area contributed by atoms with Gasteiger partial charge < -0.3 is 4.18 Å². The summed E-state index contributed by atoms with van der Waals surface area (Å²) in [5.74, 6) is 0.